The van der Waals surface area contributed by atoms with Gasteiger partial charge in [0.1, 0.15) is 23.9 Å². The van der Waals surface area contributed by atoms with Crippen molar-refractivity contribution in [2.75, 3.05) is 25.4 Å². The Labute approximate surface area is 180 Å². The molecule has 1 aromatic carbocycles. The second-order valence-corrected chi connectivity index (χ2v) is 11.4. The van der Waals surface area contributed by atoms with Gasteiger partial charge in [-0.2, -0.15) is 0 Å². The number of halogens is 3. The summed E-state index contributed by atoms with van der Waals surface area (Å²) in [7, 11) is -3.75. The molecule has 1 aromatic rings. The molecule has 5 rings (SSSR count). The molecule has 4 fully saturated rings. The van der Waals surface area contributed by atoms with Crippen molar-refractivity contribution in [1.29, 1.82) is 0 Å². The third kappa shape index (κ3) is 3.48. The third-order valence-corrected chi connectivity index (χ3v) is 9.25. The van der Waals surface area contributed by atoms with Crippen molar-refractivity contribution in [3.05, 3.63) is 29.1 Å². The minimum absolute atomic E-state index is 0.0773. The van der Waals surface area contributed by atoms with E-state index in [2.05, 4.69) is 0 Å². The number of rotatable bonds is 8. The molecule has 1 aliphatic heterocycles. The van der Waals surface area contributed by atoms with Crippen LogP contribution in [0.3, 0.4) is 0 Å². The lowest BCUT2D eigenvalue weighted by Crippen LogP contribution is -2.44. The van der Waals surface area contributed by atoms with Crippen LogP contribution in [-0.4, -0.2) is 49.9 Å². The van der Waals surface area contributed by atoms with E-state index in [1.54, 1.807) is 0 Å². The molecule has 3 aliphatic carbocycles. The molecule has 9 heteroatoms. The van der Waals surface area contributed by atoms with Crippen molar-refractivity contribution in [3.8, 4) is 5.75 Å². The molecule has 4 aliphatic rings. The van der Waals surface area contributed by atoms with Gasteiger partial charge < -0.3 is 4.74 Å². The molecule has 0 spiro atoms. The summed E-state index contributed by atoms with van der Waals surface area (Å²) in [5.41, 5.74) is -0.829. The van der Waals surface area contributed by atoms with Gasteiger partial charge in [-0.15, -0.1) is 0 Å². The van der Waals surface area contributed by atoms with E-state index in [-0.39, 0.29) is 23.8 Å². The smallest absolute Gasteiger partial charge is 0.261 e. The predicted octanol–water partition coefficient (Wildman–Crippen LogP) is 4.13. The molecule has 1 heterocycles. The van der Waals surface area contributed by atoms with Gasteiger partial charge in [-0.3, -0.25) is 4.79 Å². The maximum absolute atomic E-state index is 14.8. The molecular weight excluding hydrogens is 431 g/mol. The highest BCUT2D eigenvalue weighted by molar-refractivity contribution is 7.89. The summed E-state index contributed by atoms with van der Waals surface area (Å²) in [6.07, 6.45) is 4.84. The Bertz CT molecular complexity index is 1020. The number of carbonyl (C=O) groups is 1. The Morgan fingerprint density at radius 3 is 2.48 bits per heavy atom. The molecule has 170 valence electrons. The summed E-state index contributed by atoms with van der Waals surface area (Å²) < 4.78 is 75.1. The lowest BCUT2D eigenvalue weighted by atomic mass is 9.89. The fourth-order valence-corrected chi connectivity index (χ4v) is 6.66. The zero-order chi connectivity index (χ0) is 22.0. The van der Waals surface area contributed by atoms with Gasteiger partial charge in [0.05, 0.1) is 11.0 Å². The van der Waals surface area contributed by atoms with Crippen LogP contribution in [-0.2, 0) is 10.0 Å². The first-order valence-corrected chi connectivity index (χ1v) is 12.6. The van der Waals surface area contributed by atoms with Crippen molar-refractivity contribution in [3.63, 3.8) is 0 Å². The highest BCUT2D eigenvalue weighted by Gasteiger charge is 2.80. The summed E-state index contributed by atoms with van der Waals surface area (Å²) in [6.45, 7) is 0.595. The van der Waals surface area contributed by atoms with Crippen LogP contribution >= 0.6 is 0 Å². The first kappa shape index (κ1) is 21.2. The Kier molecular flexibility index (Phi) is 4.93. The number of sulfonamides is 1. The molecule has 0 bridgehead atoms. The molecule has 0 amide bonds. The second-order valence-electron chi connectivity index (χ2n) is 9.44. The number of ketones is 1. The van der Waals surface area contributed by atoms with Gasteiger partial charge in [-0.05, 0) is 49.7 Å². The van der Waals surface area contributed by atoms with E-state index in [1.807, 2.05) is 0 Å². The minimum atomic E-state index is -3.75. The molecule has 5 nitrogen and oxygen atoms in total. The molecule has 3 saturated carbocycles. The van der Waals surface area contributed by atoms with Crippen LogP contribution in [0.25, 0.3) is 0 Å². The predicted molar refractivity (Wildman–Crippen MR) is 108 cm³/mol. The number of carbonyl (C=O) groups excluding carboxylic acids is 1. The van der Waals surface area contributed by atoms with Crippen molar-refractivity contribution in [2.45, 2.75) is 56.8 Å². The molecule has 1 saturated heterocycles. The zero-order valence-electron chi connectivity index (χ0n) is 17.2. The first-order chi connectivity index (χ1) is 14.7. The SMILES string of the molecule is O=C(CS(=O)(=O)N1CCC1)c1cc(C2CC2)c(OCC23CCCCC2C3(F)F)cc1F. The highest BCUT2D eigenvalue weighted by atomic mass is 32.2. The number of Topliss-reactive ketones (excluding diaryl/α,β-unsaturated/α-hetero) is 1. The van der Waals surface area contributed by atoms with Gasteiger partial charge >= 0.3 is 0 Å². The number of alkyl halides is 2. The van der Waals surface area contributed by atoms with Crippen molar-refractivity contribution >= 4 is 15.8 Å². The van der Waals surface area contributed by atoms with E-state index >= 15 is 0 Å². The van der Waals surface area contributed by atoms with E-state index in [9.17, 15) is 26.4 Å². The van der Waals surface area contributed by atoms with Crippen LogP contribution in [0.15, 0.2) is 12.1 Å². The number of hydrogen-bond donors (Lipinski definition) is 0. The second kappa shape index (κ2) is 7.20. The fraction of sp³-hybridized carbons (Fsp3) is 0.682. The van der Waals surface area contributed by atoms with Crippen LogP contribution < -0.4 is 4.74 Å². The van der Waals surface area contributed by atoms with Gasteiger partial charge in [-0.25, -0.2) is 25.9 Å². The van der Waals surface area contributed by atoms with Crippen LogP contribution in [0, 0.1) is 17.2 Å². The van der Waals surface area contributed by atoms with Gasteiger partial charge in [0.15, 0.2) is 5.78 Å². The van der Waals surface area contributed by atoms with Crippen LogP contribution in [0.4, 0.5) is 13.2 Å². The van der Waals surface area contributed by atoms with Crippen molar-refractivity contribution < 1.29 is 31.1 Å². The van der Waals surface area contributed by atoms with Crippen LogP contribution in [0.2, 0.25) is 0 Å². The number of hydrogen-bond acceptors (Lipinski definition) is 4. The Balaban J connectivity index is 1.36. The largest absolute Gasteiger partial charge is 0.492 e. The summed E-state index contributed by atoms with van der Waals surface area (Å²) in [5, 5.41) is 0. The summed E-state index contributed by atoms with van der Waals surface area (Å²) in [5.74, 6) is -5.58. The van der Waals surface area contributed by atoms with E-state index in [0.717, 1.165) is 38.2 Å². The molecule has 2 atom stereocenters. The highest BCUT2D eigenvalue weighted by Crippen LogP contribution is 2.72. The Hall–Kier alpha value is -1.61. The summed E-state index contributed by atoms with van der Waals surface area (Å²) in [6, 6.07) is 2.45. The lowest BCUT2D eigenvalue weighted by molar-refractivity contribution is 0.0368. The van der Waals surface area contributed by atoms with E-state index in [4.69, 9.17) is 4.74 Å². The quantitative estimate of drug-likeness (QED) is 0.551. The first-order valence-electron chi connectivity index (χ1n) is 11.0. The van der Waals surface area contributed by atoms with Gasteiger partial charge in [0.2, 0.25) is 10.0 Å². The van der Waals surface area contributed by atoms with Crippen LogP contribution in [0.1, 0.15) is 66.8 Å². The average Bonchev–Trinajstić information content (AvgIpc) is 3.55. The van der Waals surface area contributed by atoms with E-state index in [1.165, 1.54) is 10.4 Å². The maximum Gasteiger partial charge on any atom is 0.261 e. The van der Waals surface area contributed by atoms with Gasteiger partial charge in [0.25, 0.3) is 5.92 Å². The average molecular weight is 458 g/mol. The number of benzene rings is 1. The zero-order valence-corrected chi connectivity index (χ0v) is 18.0. The topological polar surface area (TPSA) is 63.7 Å². The standard InChI is InChI=1S/C22H26F3NO4S/c23-17-11-19(30-13-21-7-2-1-4-20(21)22(21,24)25)15(14-5-6-14)10-16(17)18(27)12-31(28,29)26-8-3-9-26/h10-11,14,20H,1-9,12-13H2. The lowest BCUT2D eigenvalue weighted by Gasteiger charge is -2.29. The molecule has 2 unspecified atom stereocenters. The maximum atomic E-state index is 14.8. The summed E-state index contributed by atoms with van der Waals surface area (Å²) in [4.78, 5) is 12.6. The van der Waals surface area contributed by atoms with E-state index in [0.29, 0.717) is 31.5 Å². The normalized spacial score (nSPS) is 29.7. The third-order valence-electron chi connectivity index (χ3n) is 7.48. The van der Waals surface area contributed by atoms with Crippen LogP contribution in [0.5, 0.6) is 5.75 Å². The number of nitrogens with zero attached hydrogens (tertiary/aromatic N) is 1. The fourth-order valence-electron chi connectivity index (χ4n) is 5.18. The molecule has 31 heavy (non-hydrogen) atoms. The minimum Gasteiger partial charge on any atom is -0.492 e. The Morgan fingerprint density at radius 2 is 1.87 bits per heavy atom. The van der Waals surface area contributed by atoms with Crippen molar-refractivity contribution in [2.24, 2.45) is 11.3 Å². The monoisotopic (exact) mass is 457 g/mol. The van der Waals surface area contributed by atoms with Gasteiger partial charge in [0, 0.05) is 25.1 Å². The van der Waals surface area contributed by atoms with Crippen molar-refractivity contribution in [1.82, 2.24) is 4.31 Å². The molecule has 0 radical (unpaired) electrons. The molecule has 0 aromatic heterocycles. The Morgan fingerprint density at radius 1 is 1.13 bits per heavy atom. The number of ether oxygens (including phenoxy) is 1. The van der Waals surface area contributed by atoms with Gasteiger partial charge in [-0.1, -0.05) is 12.8 Å². The summed E-state index contributed by atoms with van der Waals surface area (Å²) >= 11 is 0. The molecule has 0 N–H and O–H groups in total. The van der Waals surface area contributed by atoms with E-state index < -0.39 is 44.6 Å². The number of fused-ring (bicyclic) bond motifs is 1. The molecular formula is C22H26F3NO4S.